The number of nitrogens with two attached hydrogens (primary N) is 1. The van der Waals surface area contributed by atoms with Crippen LogP contribution in [0.15, 0.2) is 11.6 Å². The monoisotopic (exact) mass is 268 g/mol. The fraction of sp³-hybridized carbons (Fsp3) is 0.867. The third-order valence-corrected chi connectivity index (χ3v) is 5.90. The molecule has 2 rings (SSSR count). The lowest BCUT2D eigenvalue weighted by atomic mass is 9.79. The average Bonchev–Trinajstić information content (AvgIpc) is 2.81. The number of rotatable bonds is 5. The van der Waals surface area contributed by atoms with Crippen LogP contribution in [0.4, 0.5) is 0 Å². The maximum Gasteiger partial charge on any atom is 0.0400 e. The lowest BCUT2D eigenvalue weighted by Gasteiger charge is -2.44. The second kappa shape index (κ2) is 5.98. The van der Waals surface area contributed by atoms with Gasteiger partial charge >= 0.3 is 0 Å². The molecule has 18 heavy (non-hydrogen) atoms. The van der Waals surface area contributed by atoms with E-state index >= 15 is 0 Å². The van der Waals surface area contributed by atoms with Crippen LogP contribution in [0.2, 0.25) is 0 Å². The standard InChI is InChI=1S/C15H28N2S/c1-14(2)9-15(10-16,12-18-11-14)17-8-7-13-5-3-4-6-13/h5,17H,3-4,6-12,16H2,1-2H3. The summed E-state index contributed by atoms with van der Waals surface area (Å²) in [5.41, 5.74) is 8.30. The van der Waals surface area contributed by atoms with Crippen molar-refractivity contribution in [1.82, 2.24) is 5.32 Å². The van der Waals surface area contributed by atoms with Gasteiger partial charge in [0.25, 0.3) is 0 Å². The van der Waals surface area contributed by atoms with Gasteiger partial charge in [0.1, 0.15) is 0 Å². The molecule has 0 spiro atoms. The van der Waals surface area contributed by atoms with Crippen molar-refractivity contribution in [3.05, 3.63) is 11.6 Å². The molecule has 3 heteroatoms. The zero-order chi connectivity index (χ0) is 13.1. The SMILES string of the molecule is CC1(C)CSCC(CN)(NCCC2=CCCC2)C1. The number of hydrogen-bond acceptors (Lipinski definition) is 3. The summed E-state index contributed by atoms with van der Waals surface area (Å²) in [6.45, 7) is 6.59. The van der Waals surface area contributed by atoms with E-state index in [2.05, 4.69) is 37.0 Å². The predicted molar refractivity (Wildman–Crippen MR) is 82.1 cm³/mol. The molecule has 0 radical (unpaired) electrons. The quantitative estimate of drug-likeness (QED) is 0.753. The highest BCUT2D eigenvalue weighted by Gasteiger charge is 2.39. The van der Waals surface area contributed by atoms with Crippen molar-refractivity contribution in [3.8, 4) is 0 Å². The van der Waals surface area contributed by atoms with Crippen molar-refractivity contribution in [2.75, 3.05) is 24.6 Å². The molecule has 0 saturated carbocycles. The first kappa shape index (κ1) is 14.4. The molecule has 2 nitrogen and oxygen atoms in total. The normalized spacial score (nSPS) is 31.4. The third kappa shape index (κ3) is 3.75. The number of thioether (sulfide) groups is 1. The Morgan fingerprint density at radius 1 is 1.39 bits per heavy atom. The summed E-state index contributed by atoms with van der Waals surface area (Å²) in [5, 5.41) is 3.78. The third-order valence-electron chi connectivity index (χ3n) is 4.16. The summed E-state index contributed by atoms with van der Waals surface area (Å²) >= 11 is 2.06. The van der Waals surface area contributed by atoms with Crippen LogP contribution in [-0.2, 0) is 0 Å². The lowest BCUT2D eigenvalue weighted by molar-refractivity contribution is 0.229. The molecule has 1 saturated heterocycles. The van der Waals surface area contributed by atoms with E-state index in [0.717, 1.165) is 13.1 Å². The van der Waals surface area contributed by atoms with Crippen molar-refractivity contribution < 1.29 is 0 Å². The van der Waals surface area contributed by atoms with E-state index in [1.807, 2.05) is 0 Å². The van der Waals surface area contributed by atoms with Gasteiger partial charge in [-0.25, -0.2) is 0 Å². The molecule has 0 amide bonds. The average molecular weight is 268 g/mol. The Bertz CT molecular complexity index is 312. The molecule has 3 N–H and O–H groups in total. The summed E-state index contributed by atoms with van der Waals surface area (Å²) in [7, 11) is 0. The Hall–Kier alpha value is 0.0100. The minimum absolute atomic E-state index is 0.172. The molecule has 1 heterocycles. The fourth-order valence-electron chi connectivity index (χ4n) is 3.31. The number of nitrogens with one attached hydrogen (secondary N) is 1. The maximum atomic E-state index is 6.06. The second-order valence-electron chi connectivity index (χ2n) is 6.75. The molecular formula is C15H28N2S. The molecule has 1 aliphatic carbocycles. The number of hydrogen-bond donors (Lipinski definition) is 2. The Labute approximate surface area is 116 Å². The molecule has 0 aromatic rings. The van der Waals surface area contributed by atoms with E-state index in [9.17, 15) is 0 Å². The van der Waals surface area contributed by atoms with Gasteiger partial charge in [-0.3, -0.25) is 0 Å². The van der Waals surface area contributed by atoms with Crippen LogP contribution in [0.1, 0.15) is 46.0 Å². The van der Waals surface area contributed by atoms with E-state index in [1.54, 1.807) is 5.57 Å². The van der Waals surface area contributed by atoms with Gasteiger partial charge in [-0.1, -0.05) is 25.5 Å². The lowest BCUT2D eigenvalue weighted by Crippen LogP contribution is -2.58. The van der Waals surface area contributed by atoms with Crippen LogP contribution < -0.4 is 11.1 Å². The maximum absolute atomic E-state index is 6.06. The fourth-order valence-corrected chi connectivity index (χ4v) is 4.78. The zero-order valence-corrected chi connectivity index (χ0v) is 12.7. The summed E-state index contributed by atoms with van der Waals surface area (Å²) in [6.07, 6.45) is 8.82. The minimum Gasteiger partial charge on any atom is -0.329 e. The Balaban J connectivity index is 1.83. The molecule has 1 fully saturated rings. The van der Waals surface area contributed by atoms with Gasteiger partial charge in [0.05, 0.1) is 0 Å². The van der Waals surface area contributed by atoms with Gasteiger partial charge in [0, 0.05) is 17.8 Å². The van der Waals surface area contributed by atoms with Crippen molar-refractivity contribution in [1.29, 1.82) is 0 Å². The second-order valence-corrected chi connectivity index (χ2v) is 7.74. The first-order valence-corrected chi connectivity index (χ1v) is 8.42. The van der Waals surface area contributed by atoms with E-state index in [-0.39, 0.29) is 5.54 Å². The zero-order valence-electron chi connectivity index (χ0n) is 11.9. The Morgan fingerprint density at radius 2 is 2.22 bits per heavy atom. The van der Waals surface area contributed by atoms with Crippen molar-refractivity contribution >= 4 is 11.8 Å². The van der Waals surface area contributed by atoms with Crippen LogP contribution in [0.3, 0.4) is 0 Å². The van der Waals surface area contributed by atoms with Crippen molar-refractivity contribution in [2.45, 2.75) is 51.5 Å². The van der Waals surface area contributed by atoms with Gasteiger partial charge in [-0.05, 0) is 49.8 Å². The molecule has 1 unspecified atom stereocenters. The summed E-state index contributed by atoms with van der Waals surface area (Å²) < 4.78 is 0. The molecule has 1 atom stereocenters. The van der Waals surface area contributed by atoms with E-state index in [1.165, 1.54) is 43.6 Å². The molecule has 0 aromatic carbocycles. The molecule has 0 bridgehead atoms. The highest BCUT2D eigenvalue weighted by Crippen LogP contribution is 2.38. The molecule has 1 aliphatic heterocycles. The van der Waals surface area contributed by atoms with E-state index in [0.29, 0.717) is 5.41 Å². The van der Waals surface area contributed by atoms with Crippen LogP contribution >= 0.6 is 11.8 Å². The highest BCUT2D eigenvalue weighted by molar-refractivity contribution is 7.99. The van der Waals surface area contributed by atoms with Gasteiger partial charge < -0.3 is 11.1 Å². The highest BCUT2D eigenvalue weighted by atomic mass is 32.2. The Kier molecular flexibility index (Phi) is 4.79. The Morgan fingerprint density at radius 3 is 2.83 bits per heavy atom. The first-order chi connectivity index (χ1) is 8.55. The van der Waals surface area contributed by atoms with Crippen LogP contribution in [0.5, 0.6) is 0 Å². The molecule has 2 aliphatic rings. The predicted octanol–water partition coefficient (Wildman–Crippen LogP) is 2.94. The molecule has 0 aromatic heterocycles. The van der Waals surface area contributed by atoms with Gasteiger partial charge in [0.2, 0.25) is 0 Å². The van der Waals surface area contributed by atoms with Crippen LogP contribution in [0.25, 0.3) is 0 Å². The van der Waals surface area contributed by atoms with Gasteiger partial charge in [-0.15, -0.1) is 0 Å². The minimum atomic E-state index is 0.172. The first-order valence-electron chi connectivity index (χ1n) is 7.26. The number of allylic oxidation sites excluding steroid dienone is 1. The van der Waals surface area contributed by atoms with E-state index in [4.69, 9.17) is 5.73 Å². The summed E-state index contributed by atoms with van der Waals surface area (Å²) in [6, 6.07) is 0. The summed E-state index contributed by atoms with van der Waals surface area (Å²) in [5.74, 6) is 2.44. The topological polar surface area (TPSA) is 38.0 Å². The molecule has 104 valence electrons. The van der Waals surface area contributed by atoms with Gasteiger partial charge in [-0.2, -0.15) is 11.8 Å². The summed E-state index contributed by atoms with van der Waals surface area (Å²) in [4.78, 5) is 0. The van der Waals surface area contributed by atoms with Crippen LogP contribution in [0, 0.1) is 5.41 Å². The van der Waals surface area contributed by atoms with Crippen molar-refractivity contribution in [3.63, 3.8) is 0 Å². The smallest absolute Gasteiger partial charge is 0.0400 e. The van der Waals surface area contributed by atoms with Crippen molar-refractivity contribution in [2.24, 2.45) is 11.1 Å². The van der Waals surface area contributed by atoms with E-state index < -0.39 is 0 Å². The van der Waals surface area contributed by atoms with Crippen LogP contribution in [-0.4, -0.2) is 30.1 Å². The van der Waals surface area contributed by atoms with Gasteiger partial charge in [0.15, 0.2) is 0 Å². The largest absolute Gasteiger partial charge is 0.329 e. The molecular weight excluding hydrogens is 240 g/mol.